The van der Waals surface area contributed by atoms with Crippen LogP contribution in [0.5, 0.6) is 0 Å². The van der Waals surface area contributed by atoms with Crippen molar-refractivity contribution in [1.29, 1.82) is 0 Å². The maximum atomic E-state index is 11.6. The predicted molar refractivity (Wildman–Crippen MR) is 95.6 cm³/mol. The molecule has 0 radical (unpaired) electrons. The Labute approximate surface area is 149 Å². The molecule has 11 heteroatoms. The molecule has 2 fully saturated rings. The van der Waals surface area contributed by atoms with Crippen molar-refractivity contribution in [2.75, 3.05) is 50.8 Å². The first kappa shape index (κ1) is 17.8. The van der Waals surface area contributed by atoms with Gasteiger partial charge in [0.2, 0.25) is 5.84 Å². The fraction of sp³-hybridized carbons (Fsp3) is 0.769. The highest BCUT2D eigenvalue weighted by molar-refractivity contribution is 7.91. The van der Waals surface area contributed by atoms with E-state index in [0.29, 0.717) is 36.1 Å². The van der Waals surface area contributed by atoms with Crippen LogP contribution in [-0.2, 0) is 11.2 Å². The van der Waals surface area contributed by atoms with E-state index in [4.69, 9.17) is 0 Å². The Balaban J connectivity index is 1.91. The molecule has 0 saturated carbocycles. The second kappa shape index (κ2) is 7.48. The van der Waals surface area contributed by atoms with E-state index in [0.717, 1.165) is 26.2 Å². The number of nitrogens with one attached hydrogen (secondary N) is 1. The summed E-state index contributed by atoms with van der Waals surface area (Å²) in [6.45, 7) is 6.09. The maximum absolute atomic E-state index is 11.6. The molecule has 1 N–H and O–H groups in total. The summed E-state index contributed by atoms with van der Waals surface area (Å²) in [4.78, 5) is 19.9. The lowest BCUT2D eigenvalue weighted by molar-refractivity contribution is -0.418. The lowest BCUT2D eigenvalue weighted by atomic mass is 10.2. The molecule has 0 bridgehead atoms. The van der Waals surface area contributed by atoms with E-state index >= 15 is 0 Å². The molecule has 1 atom stereocenters. The van der Waals surface area contributed by atoms with Gasteiger partial charge < -0.3 is 14.8 Å². The van der Waals surface area contributed by atoms with Gasteiger partial charge in [0.1, 0.15) is 17.2 Å². The van der Waals surface area contributed by atoms with Gasteiger partial charge in [-0.25, -0.2) is 4.99 Å². The molecule has 1 unspecified atom stereocenters. The van der Waals surface area contributed by atoms with Gasteiger partial charge in [0.15, 0.2) is 6.29 Å². The second-order valence-electron chi connectivity index (χ2n) is 5.96. The van der Waals surface area contributed by atoms with Gasteiger partial charge in [-0.1, -0.05) is 24.0 Å². The number of aliphatic imine (C=N–C) groups is 1. The van der Waals surface area contributed by atoms with E-state index in [1.54, 1.807) is 11.2 Å². The fourth-order valence-corrected chi connectivity index (χ4v) is 4.46. The number of nitrogens with zero attached hydrogens (tertiary/aromatic N) is 5. The number of thiol groups is 1. The molecule has 0 aromatic rings. The number of rotatable bonds is 2. The van der Waals surface area contributed by atoms with Gasteiger partial charge in [-0.2, -0.15) is 0 Å². The topological polar surface area (TPSA) is 100 Å². The van der Waals surface area contributed by atoms with Crippen LogP contribution < -0.4 is 5.32 Å². The Morgan fingerprint density at radius 1 is 1.29 bits per heavy atom. The minimum Gasteiger partial charge on any atom is -0.616 e. The largest absolute Gasteiger partial charge is 0.616 e. The molecular weight excluding hydrogens is 352 g/mol. The predicted octanol–water partition coefficient (Wildman–Crippen LogP) is -0.693. The highest BCUT2D eigenvalue weighted by Crippen LogP contribution is 2.28. The maximum Gasteiger partial charge on any atom is 0.330 e. The molecule has 24 heavy (non-hydrogen) atoms. The third kappa shape index (κ3) is 3.49. The molecule has 0 aromatic carbocycles. The second-order valence-corrected chi connectivity index (χ2v) is 8.08. The number of hydrogen-bond donors (Lipinski definition) is 2. The zero-order chi connectivity index (χ0) is 17.3. The third-order valence-corrected chi connectivity index (χ3v) is 6.28. The first-order valence-corrected chi connectivity index (χ1v) is 9.84. The highest BCUT2D eigenvalue weighted by atomic mass is 32.2. The molecule has 0 spiro atoms. The molecule has 0 aromatic heterocycles. The van der Waals surface area contributed by atoms with Crippen molar-refractivity contribution in [3.63, 3.8) is 0 Å². The van der Waals surface area contributed by atoms with Crippen molar-refractivity contribution in [2.45, 2.75) is 13.2 Å². The van der Waals surface area contributed by atoms with Crippen LogP contribution in [0.2, 0.25) is 0 Å². The Kier molecular flexibility index (Phi) is 5.55. The average Bonchev–Trinajstić information content (AvgIpc) is 2.58. The minimum absolute atomic E-state index is 0.0101. The van der Waals surface area contributed by atoms with Gasteiger partial charge in [0, 0.05) is 26.2 Å². The summed E-state index contributed by atoms with van der Waals surface area (Å²) in [5.74, 6) is 1.43. The van der Waals surface area contributed by atoms with Crippen molar-refractivity contribution in [3.8, 4) is 0 Å². The lowest BCUT2D eigenvalue weighted by Gasteiger charge is -2.41. The van der Waals surface area contributed by atoms with Gasteiger partial charge in [-0.15, -0.1) is 0 Å². The minimum atomic E-state index is -0.843. The van der Waals surface area contributed by atoms with Crippen LogP contribution in [0.25, 0.3) is 0 Å². The Morgan fingerprint density at radius 2 is 1.92 bits per heavy atom. The van der Waals surface area contributed by atoms with Gasteiger partial charge in [-0.05, 0) is 6.92 Å². The van der Waals surface area contributed by atoms with Crippen molar-refractivity contribution in [1.82, 2.24) is 19.4 Å². The SMILES string of the molecule is CC1=C([N+](=O)[O-])C(N2CC[S+]([O-])CC2)=NC(N2CCNCC2)N1S. The van der Waals surface area contributed by atoms with E-state index in [1.807, 2.05) is 4.90 Å². The van der Waals surface area contributed by atoms with Crippen molar-refractivity contribution < 1.29 is 9.48 Å². The standard InChI is InChI=1S/C13H22N6O3S2/c1-10-11(19(20)21)12(16-6-8-24(22)9-7-16)15-13(18(10)23)17-4-2-14-3-5-17/h13-14,23H,2-9H2,1H3. The summed E-state index contributed by atoms with van der Waals surface area (Å²) >= 11 is 3.63. The average molecular weight is 374 g/mol. The van der Waals surface area contributed by atoms with E-state index in [9.17, 15) is 14.7 Å². The number of nitro groups is 1. The summed E-state index contributed by atoms with van der Waals surface area (Å²) in [5, 5.41) is 14.9. The number of allylic oxidation sites excluding steroid dienone is 1. The third-order valence-electron chi connectivity index (χ3n) is 4.49. The summed E-state index contributed by atoms with van der Waals surface area (Å²) in [5.41, 5.74) is 0.479. The molecule has 3 aliphatic rings. The quantitative estimate of drug-likeness (QED) is 0.285. The molecular formula is C13H22N6O3S2. The molecule has 2 saturated heterocycles. The molecule has 134 valence electrons. The Bertz CT molecular complexity index is 558. The van der Waals surface area contributed by atoms with E-state index in [2.05, 4.69) is 28.0 Å². The molecule has 3 rings (SSSR count). The summed E-state index contributed by atoms with van der Waals surface area (Å²) in [7, 11) is 0. The van der Waals surface area contributed by atoms with Crippen LogP contribution in [0, 0.1) is 10.1 Å². The first-order valence-electron chi connectivity index (χ1n) is 7.95. The van der Waals surface area contributed by atoms with Crippen LogP contribution >= 0.6 is 12.8 Å². The van der Waals surface area contributed by atoms with Crippen molar-refractivity contribution in [3.05, 3.63) is 21.5 Å². The number of hydrogen-bond acceptors (Lipinski definition) is 9. The van der Waals surface area contributed by atoms with Crippen LogP contribution in [0.1, 0.15) is 6.92 Å². The van der Waals surface area contributed by atoms with Gasteiger partial charge in [0.25, 0.3) is 0 Å². The zero-order valence-corrected chi connectivity index (χ0v) is 15.3. The van der Waals surface area contributed by atoms with E-state index < -0.39 is 16.1 Å². The fourth-order valence-electron chi connectivity index (χ4n) is 3.11. The molecule has 0 amide bonds. The summed E-state index contributed by atoms with van der Waals surface area (Å²) in [6.07, 6.45) is -0.360. The number of piperazine rings is 1. The van der Waals surface area contributed by atoms with Crippen LogP contribution in [-0.4, -0.2) is 86.5 Å². The van der Waals surface area contributed by atoms with Crippen molar-refractivity contribution >= 4 is 29.8 Å². The lowest BCUT2D eigenvalue weighted by Crippen LogP contribution is -2.55. The number of amidine groups is 1. The molecule has 3 aliphatic heterocycles. The smallest absolute Gasteiger partial charge is 0.330 e. The van der Waals surface area contributed by atoms with E-state index in [-0.39, 0.29) is 12.0 Å². The summed E-state index contributed by atoms with van der Waals surface area (Å²) in [6, 6.07) is 0. The highest BCUT2D eigenvalue weighted by Gasteiger charge is 2.40. The summed E-state index contributed by atoms with van der Waals surface area (Å²) < 4.78 is 13.2. The van der Waals surface area contributed by atoms with Gasteiger partial charge in [-0.3, -0.25) is 19.3 Å². The monoisotopic (exact) mass is 374 g/mol. The van der Waals surface area contributed by atoms with Crippen LogP contribution in [0.3, 0.4) is 0 Å². The Hall–Kier alpha value is -1.01. The molecule has 3 heterocycles. The molecule has 0 aliphatic carbocycles. The normalized spacial score (nSPS) is 27.5. The van der Waals surface area contributed by atoms with Crippen LogP contribution in [0.15, 0.2) is 16.4 Å². The first-order chi connectivity index (χ1) is 11.5. The van der Waals surface area contributed by atoms with Crippen molar-refractivity contribution in [2.24, 2.45) is 4.99 Å². The van der Waals surface area contributed by atoms with E-state index in [1.165, 1.54) is 0 Å². The Morgan fingerprint density at radius 3 is 2.50 bits per heavy atom. The zero-order valence-electron chi connectivity index (χ0n) is 13.6. The van der Waals surface area contributed by atoms with Crippen LogP contribution in [0.4, 0.5) is 0 Å². The van der Waals surface area contributed by atoms with Gasteiger partial charge >= 0.3 is 5.70 Å². The molecule has 9 nitrogen and oxygen atoms in total. The van der Waals surface area contributed by atoms with Gasteiger partial charge in [0.05, 0.1) is 18.0 Å².